The monoisotopic (exact) mass is 293 g/mol. The highest BCUT2D eigenvalue weighted by Gasteiger charge is 2.15. The van der Waals surface area contributed by atoms with Crippen molar-refractivity contribution in [2.75, 3.05) is 0 Å². The predicted molar refractivity (Wildman–Crippen MR) is 56.1 cm³/mol. The van der Waals surface area contributed by atoms with E-state index >= 15 is 0 Å². The molecule has 1 aromatic heterocycles. The Labute approximate surface area is 88.2 Å². The van der Waals surface area contributed by atoms with Crippen LogP contribution >= 0.6 is 31.9 Å². The zero-order valence-electron chi connectivity index (χ0n) is 6.63. The highest BCUT2D eigenvalue weighted by molar-refractivity contribution is 9.25. The molecule has 0 amide bonds. The van der Waals surface area contributed by atoms with Crippen molar-refractivity contribution in [1.29, 1.82) is 0 Å². The Balaban J connectivity index is 2.94. The Morgan fingerprint density at radius 1 is 1.67 bits per heavy atom. The standard InChI is InChI=1S/C8H9Br2NO/c1-2-11-5-3-4-6(11)7(12)8(9)10/h3-5,8H,2H2,1H3. The maximum Gasteiger partial charge on any atom is 0.203 e. The van der Waals surface area contributed by atoms with E-state index in [1.165, 1.54) is 0 Å². The molecule has 0 fully saturated rings. The van der Waals surface area contributed by atoms with Crippen molar-refractivity contribution in [2.24, 2.45) is 0 Å². The second kappa shape index (κ2) is 4.23. The van der Waals surface area contributed by atoms with Crippen LogP contribution in [0.3, 0.4) is 0 Å². The predicted octanol–water partition coefficient (Wildman–Crippen LogP) is 2.81. The third kappa shape index (κ3) is 1.98. The molecule has 0 aliphatic rings. The van der Waals surface area contributed by atoms with E-state index in [0.717, 1.165) is 12.2 Å². The van der Waals surface area contributed by atoms with Gasteiger partial charge in [0.2, 0.25) is 5.78 Å². The van der Waals surface area contributed by atoms with Gasteiger partial charge < -0.3 is 4.57 Å². The highest BCUT2D eigenvalue weighted by Crippen LogP contribution is 2.16. The number of carbonyl (C=O) groups is 1. The van der Waals surface area contributed by atoms with Crippen LogP contribution < -0.4 is 0 Å². The lowest BCUT2D eigenvalue weighted by atomic mass is 10.3. The van der Waals surface area contributed by atoms with Crippen LogP contribution in [0.1, 0.15) is 17.4 Å². The van der Waals surface area contributed by atoms with Crippen molar-refractivity contribution in [3.05, 3.63) is 24.0 Å². The summed E-state index contributed by atoms with van der Waals surface area (Å²) in [6.45, 7) is 2.83. The van der Waals surface area contributed by atoms with Crippen molar-refractivity contribution in [2.45, 2.75) is 17.2 Å². The van der Waals surface area contributed by atoms with Crippen molar-refractivity contribution < 1.29 is 4.79 Å². The molecule has 0 saturated heterocycles. The summed E-state index contributed by atoms with van der Waals surface area (Å²) < 4.78 is 1.63. The quantitative estimate of drug-likeness (QED) is 0.621. The minimum absolute atomic E-state index is 0.0573. The number of aromatic nitrogens is 1. The van der Waals surface area contributed by atoms with Crippen LogP contribution in [0.15, 0.2) is 18.3 Å². The number of halogens is 2. The molecule has 0 saturated carbocycles. The zero-order chi connectivity index (χ0) is 9.14. The Hall–Kier alpha value is -0.0900. The molecule has 0 atom stereocenters. The molecule has 0 aliphatic heterocycles. The Bertz CT molecular complexity index is 280. The normalized spacial score (nSPS) is 10.7. The number of hydrogen-bond donors (Lipinski definition) is 0. The second-order valence-electron chi connectivity index (χ2n) is 2.34. The van der Waals surface area contributed by atoms with E-state index in [0.29, 0.717) is 0 Å². The molecule has 1 aromatic rings. The van der Waals surface area contributed by atoms with Gasteiger partial charge in [-0.1, -0.05) is 31.9 Å². The van der Waals surface area contributed by atoms with E-state index in [4.69, 9.17) is 0 Å². The molecule has 0 radical (unpaired) electrons. The summed E-state index contributed by atoms with van der Waals surface area (Å²) in [5.74, 6) is 0.0573. The first-order valence-corrected chi connectivity index (χ1v) is 5.47. The minimum atomic E-state index is -0.287. The number of rotatable bonds is 3. The Morgan fingerprint density at radius 3 is 2.83 bits per heavy atom. The van der Waals surface area contributed by atoms with Gasteiger partial charge in [-0.3, -0.25) is 4.79 Å². The molecule has 66 valence electrons. The summed E-state index contributed by atoms with van der Waals surface area (Å²) in [4.78, 5) is 11.5. The lowest BCUT2D eigenvalue weighted by Crippen LogP contribution is -2.12. The number of Topliss-reactive ketones (excluding diaryl/α,β-unsaturated/α-hetero) is 1. The number of ketones is 1. The maximum absolute atomic E-state index is 11.5. The number of aryl methyl sites for hydroxylation is 1. The van der Waals surface area contributed by atoms with Crippen molar-refractivity contribution >= 4 is 37.6 Å². The van der Waals surface area contributed by atoms with Crippen LogP contribution in [0, 0.1) is 0 Å². The van der Waals surface area contributed by atoms with Crippen LogP contribution in [0.4, 0.5) is 0 Å². The number of alkyl halides is 2. The summed E-state index contributed by atoms with van der Waals surface area (Å²) in [6.07, 6.45) is 1.90. The number of hydrogen-bond acceptors (Lipinski definition) is 1. The van der Waals surface area contributed by atoms with Crippen LogP contribution in [0.25, 0.3) is 0 Å². The van der Waals surface area contributed by atoms with Gasteiger partial charge in [0.15, 0.2) is 0 Å². The van der Waals surface area contributed by atoms with Crippen molar-refractivity contribution in [3.63, 3.8) is 0 Å². The summed E-state index contributed by atoms with van der Waals surface area (Å²) in [5.41, 5.74) is 0.733. The van der Waals surface area contributed by atoms with Gasteiger partial charge >= 0.3 is 0 Å². The van der Waals surface area contributed by atoms with Gasteiger partial charge in [-0.05, 0) is 19.1 Å². The number of carbonyl (C=O) groups excluding carboxylic acids is 1. The third-order valence-corrected chi connectivity index (χ3v) is 2.45. The van der Waals surface area contributed by atoms with E-state index in [9.17, 15) is 4.79 Å². The molecule has 0 spiro atoms. The summed E-state index contributed by atoms with van der Waals surface area (Å²) in [7, 11) is 0. The fourth-order valence-electron chi connectivity index (χ4n) is 1.03. The minimum Gasteiger partial charge on any atom is -0.345 e. The van der Waals surface area contributed by atoms with Gasteiger partial charge in [0.05, 0.1) is 5.69 Å². The molecule has 0 N–H and O–H groups in total. The van der Waals surface area contributed by atoms with Gasteiger partial charge in [0, 0.05) is 12.7 Å². The molecule has 12 heavy (non-hydrogen) atoms. The van der Waals surface area contributed by atoms with Gasteiger partial charge in [0.1, 0.15) is 3.74 Å². The summed E-state index contributed by atoms with van der Waals surface area (Å²) in [6, 6.07) is 3.69. The lowest BCUT2D eigenvalue weighted by molar-refractivity contribution is 0.100. The van der Waals surface area contributed by atoms with E-state index in [1.807, 2.05) is 29.8 Å². The Morgan fingerprint density at radius 2 is 2.33 bits per heavy atom. The highest BCUT2D eigenvalue weighted by atomic mass is 79.9. The number of nitrogens with zero attached hydrogens (tertiary/aromatic N) is 1. The van der Waals surface area contributed by atoms with Crippen molar-refractivity contribution in [1.82, 2.24) is 4.57 Å². The van der Waals surface area contributed by atoms with Gasteiger partial charge in [-0.2, -0.15) is 0 Å². The molecule has 1 heterocycles. The van der Waals surface area contributed by atoms with Gasteiger partial charge in [-0.25, -0.2) is 0 Å². The average molecular weight is 295 g/mol. The molecular weight excluding hydrogens is 286 g/mol. The topological polar surface area (TPSA) is 22.0 Å². The zero-order valence-corrected chi connectivity index (χ0v) is 9.80. The first kappa shape index (κ1) is 9.99. The molecule has 0 unspecified atom stereocenters. The SMILES string of the molecule is CCn1cccc1C(=O)C(Br)Br. The summed E-state index contributed by atoms with van der Waals surface area (Å²) >= 11 is 6.36. The molecular formula is C8H9Br2NO. The molecule has 1 rings (SSSR count). The molecule has 4 heteroatoms. The maximum atomic E-state index is 11.5. The summed E-state index contributed by atoms with van der Waals surface area (Å²) in [5, 5.41) is 0. The van der Waals surface area contributed by atoms with E-state index in [-0.39, 0.29) is 9.52 Å². The molecule has 2 nitrogen and oxygen atoms in total. The largest absolute Gasteiger partial charge is 0.345 e. The fraction of sp³-hybridized carbons (Fsp3) is 0.375. The second-order valence-corrected chi connectivity index (χ2v) is 5.40. The van der Waals surface area contributed by atoms with Gasteiger partial charge in [-0.15, -0.1) is 0 Å². The molecule has 0 aliphatic carbocycles. The van der Waals surface area contributed by atoms with Gasteiger partial charge in [0.25, 0.3) is 0 Å². The van der Waals surface area contributed by atoms with Crippen molar-refractivity contribution in [3.8, 4) is 0 Å². The van der Waals surface area contributed by atoms with Crippen LogP contribution in [-0.4, -0.2) is 14.1 Å². The third-order valence-electron chi connectivity index (χ3n) is 1.62. The molecule has 0 aromatic carbocycles. The Kier molecular flexibility index (Phi) is 3.53. The lowest BCUT2D eigenvalue weighted by Gasteiger charge is -2.05. The fourth-order valence-corrected chi connectivity index (χ4v) is 1.49. The van der Waals surface area contributed by atoms with E-state index in [2.05, 4.69) is 31.9 Å². The van der Waals surface area contributed by atoms with E-state index in [1.54, 1.807) is 0 Å². The van der Waals surface area contributed by atoms with Crippen LogP contribution in [0.2, 0.25) is 0 Å². The first-order valence-electron chi connectivity index (χ1n) is 3.64. The van der Waals surface area contributed by atoms with Crippen LogP contribution in [0.5, 0.6) is 0 Å². The first-order chi connectivity index (χ1) is 5.66. The van der Waals surface area contributed by atoms with E-state index < -0.39 is 0 Å². The van der Waals surface area contributed by atoms with Crippen LogP contribution in [-0.2, 0) is 6.54 Å². The molecule has 0 bridgehead atoms. The smallest absolute Gasteiger partial charge is 0.203 e. The average Bonchev–Trinajstić information content (AvgIpc) is 2.49.